The molecule has 5 heteroatoms. The molecule has 0 spiro atoms. The number of carboxylic acids is 1. The zero-order valence-corrected chi connectivity index (χ0v) is 18.3. The van der Waals surface area contributed by atoms with Gasteiger partial charge in [0, 0.05) is 41.8 Å². The Bertz CT molecular complexity index is 1170. The van der Waals surface area contributed by atoms with Crippen molar-refractivity contribution in [2.45, 2.75) is 44.6 Å². The maximum atomic E-state index is 11.8. The lowest BCUT2D eigenvalue weighted by molar-refractivity contribution is 0.0697. The van der Waals surface area contributed by atoms with Gasteiger partial charge in [0.25, 0.3) is 0 Å². The summed E-state index contributed by atoms with van der Waals surface area (Å²) in [6, 6.07) is 14.1. The lowest BCUT2D eigenvalue weighted by Gasteiger charge is -2.27. The van der Waals surface area contributed by atoms with Crippen molar-refractivity contribution in [3.8, 4) is 11.3 Å². The topological polar surface area (TPSA) is 65.7 Å². The monoisotopic (exact) mass is 430 g/mol. The Morgan fingerprint density at radius 2 is 1.78 bits per heavy atom. The van der Waals surface area contributed by atoms with Crippen LogP contribution in [0.2, 0.25) is 0 Å². The van der Waals surface area contributed by atoms with Crippen LogP contribution in [0.4, 0.5) is 5.69 Å². The number of allylic oxidation sites excluding steroid dienone is 1. The molecule has 2 aromatic carbocycles. The fourth-order valence-electron chi connectivity index (χ4n) is 5.56. The molecule has 166 valence electrons. The van der Waals surface area contributed by atoms with Crippen LogP contribution in [0.5, 0.6) is 0 Å². The molecule has 0 atom stereocenters. The van der Waals surface area contributed by atoms with Gasteiger partial charge in [-0.2, -0.15) is 0 Å². The average Bonchev–Trinajstić information content (AvgIpc) is 3.17. The summed E-state index contributed by atoms with van der Waals surface area (Å²) in [5, 5.41) is 20.5. The predicted molar refractivity (Wildman–Crippen MR) is 129 cm³/mol. The zero-order valence-electron chi connectivity index (χ0n) is 18.3. The molecule has 2 aliphatic rings. The van der Waals surface area contributed by atoms with Gasteiger partial charge in [-0.1, -0.05) is 55.7 Å². The van der Waals surface area contributed by atoms with Crippen LogP contribution in [0.15, 0.2) is 54.6 Å². The van der Waals surface area contributed by atoms with E-state index in [9.17, 15) is 15.0 Å². The standard InChI is InChI=1S/C27H30N2O3/c30-17-16-28-14-6-7-15-29-24-18-20(27(31)32)12-13-21(24)25(19-8-2-1-3-9-19)26(29)22-10-4-5-11-23(22)28/h4-7,10-13,18-19,30H,1-3,8-9,14-17H2,(H,31,32)/b7-6-. The number of nitrogens with zero attached hydrogens (tertiary/aromatic N) is 2. The first kappa shape index (κ1) is 20.8. The van der Waals surface area contributed by atoms with Crippen LogP contribution in [0.1, 0.15) is 53.9 Å². The van der Waals surface area contributed by atoms with Gasteiger partial charge in [0.15, 0.2) is 0 Å². The Morgan fingerprint density at radius 3 is 2.56 bits per heavy atom. The Morgan fingerprint density at radius 1 is 1.00 bits per heavy atom. The Kier molecular flexibility index (Phi) is 5.75. The maximum absolute atomic E-state index is 11.8. The van der Waals surface area contributed by atoms with Crippen molar-refractivity contribution in [1.29, 1.82) is 0 Å². The van der Waals surface area contributed by atoms with Crippen LogP contribution in [0.25, 0.3) is 22.2 Å². The molecule has 1 fully saturated rings. The maximum Gasteiger partial charge on any atom is 0.335 e. The second kappa shape index (κ2) is 8.83. The van der Waals surface area contributed by atoms with Gasteiger partial charge >= 0.3 is 5.97 Å². The van der Waals surface area contributed by atoms with Gasteiger partial charge in [0.1, 0.15) is 0 Å². The van der Waals surface area contributed by atoms with Crippen LogP contribution in [0.3, 0.4) is 0 Å². The smallest absolute Gasteiger partial charge is 0.335 e. The molecule has 0 saturated heterocycles. The van der Waals surface area contributed by atoms with Gasteiger partial charge in [0.05, 0.1) is 17.9 Å². The van der Waals surface area contributed by atoms with Crippen LogP contribution < -0.4 is 4.90 Å². The highest BCUT2D eigenvalue weighted by molar-refractivity contribution is 5.99. The number of hydrogen-bond donors (Lipinski definition) is 2. The lowest BCUT2D eigenvalue weighted by Crippen LogP contribution is -2.27. The number of β-amino-alcohol motifs (C(OH)–C–C–N with tert-alkyl or cyclic N) is 1. The van der Waals surface area contributed by atoms with E-state index in [-0.39, 0.29) is 6.61 Å². The van der Waals surface area contributed by atoms with E-state index in [0.29, 0.717) is 24.6 Å². The molecule has 1 aliphatic heterocycles. The minimum absolute atomic E-state index is 0.0998. The molecule has 32 heavy (non-hydrogen) atoms. The molecule has 1 aliphatic carbocycles. The predicted octanol–water partition coefficient (Wildman–Crippen LogP) is 5.42. The van der Waals surface area contributed by atoms with E-state index in [0.717, 1.165) is 17.7 Å². The van der Waals surface area contributed by atoms with Crippen LogP contribution >= 0.6 is 0 Å². The van der Waals surface area contributed by atoms with Crippen molar-refractivity contribution in [1.82, 2.24) is 4.57 Å². The number of rotatable bonds is 4. The number of benzene rings is 2. The largest absolute Gasteiger partial charge is 0.478 e. The highest BCUT2D eigenvalue weighted by Crippen LogP contribution is 2.46. The summed E-state index contributed by atoms with van der Waals surface area (Å²) in [5.41, 5.74) is 6.18. The fraction of sp³-hybridized carbons (Fsp3) is 0.370. The van der Waals surface area contributed by atoms with Gasteiger partial charge in [0.2, 0.25) is 0 Å². The third-order valence-electron chi connectivity index (χ3n) is 7.01. The van der Waals surface area contributed by atoms with Gasteiger partial charge in [-0.3, -0.25) is 0 Å². The summed E-state index contributed by atoms with van der Waals surface area (Å²) in [6.45, 7) is 2.11. The summed E-state index contributed by atoms with van der Waals surface area (Å²) in [6.07, 6.45) is 10.4. The van der Waals surface area contributed by atoms with Crippen LogP contribution in [0, 0.1) is 0 Å². The van der Waals surface area contributed by atoms with Gasteiger partial charge in [-0.25, -0.2) is 4.79 Å². The number of aromatic carboxylic acids is 1. The molecule has 5 nitrogen and oxygen atoms in total. The van der Waals surface area contributed by atoms with E-state index in [1.807, 2.05) is 12.1 Å². The number of hydrogen-bond acceptors (Lipinski definition) is 3. The van der Waals surface area contributed by atoms with Crippen molar-refractivity contribution in [2.24, 2.45) is 0 Å². The average molecular weight is 431 g/mol. The molecule has 0 bridgehead atoms. The van der Waals surface area contributed by atoms with E-state index in [4.69, 9.17) is 0 Å². The third kappa shape index (κ3) is 3.61. The summed E-state index contributed by atoms with van der Waals surface area (Å²) in [7, 11) is 0. The number of aliphatic hydroxyl groups is 1. The van der Waals surface area contributed by atoms with Crippen molar-refractivity contribution < 1.29 is 15.0 Å². The number of carboxylic acid groups (broad SMARTS) is 1. The molecule has 2 heterocycles. The van der Waals surface area contributed by atoms with Crippen LogP contribution in [-0.2, 0) is 6.54 Å². The first-order valence-corrected chi connectivity index (χ1v) is 11.7. The van der Waals surface area contributed by atoms with Gasteiger partial charge in [-0.05, 0) is 42.5 Å². The van der Waals surface area contributed by atoms with E-state index >= 15 is 0 Å². The number of fused-ring (bicyclic) bond motifs is 5. The van der Waals surface area contributed by atoms with E-state index in [1.165, 1.54) is 54.3 Å². The molecule has 0 radical (unpaired) electrons. The Balaban J connectivity index is 1.84. The highest BCUT2D eigenvalue weighted by atomic mass is 16.4. The molecule has 1 saturated carbocycles. The minimum atomic E-state index is -0.894. The van der Waals surface area contributed by atoms with Gasteiger partial charge in [-0.15, -0.1) is 0 Å². The van der Waals surface area contributed by atoms with Crippen LogP contribution in [-0.4, -0.2) is 40.4 Å². The van der Waals surface area contributed by atoms with Crippen molar-refractivity contribution in [3.63, 3.8) is 0 Å². The number of carbonyl (C=O) groups is 1. The van der Waals surface area contributed by atoms with Crippen molar-refractivity contribution in [3.05, 3.63) is 65.7 Å². The molecular formula is C27H30N2O3. The third-order valence-corrected chi connectivity index (χ3v) is 7.01. The second-order valence-electron chi connectivity index (χ2n) is 8.90. The lowest BCUT2D eigenvalue weighted by atomic mass is 9.81. The first-order valence-electron chi connectivity index (χ1n) is 11.7. The molecular weight excluding hydrogens is 400 g/mol. The number of anilines is 1. The molecule has 0 amide bonds. The second-order valence-corrected chi connectivity index (χ2v) is 8.90. The van der Waals surface area contributed by atoms with E-state index < -0.39 is 5.97 Å². The van der Waals surface area contributed by atoms with E-state index in [1.54, 1.807) is 6.07 Å². The Hall–Kier alpha value is -3.05. The van der Waals surface area contributed by atoms with Crippen molar-refractivity contribution >= 4 is 22.6 Å². The number of aromatic nitrogens is 1. The minimum Gasteiger partial charge on any atom is -0.478 e. The summed E-state index contributed by atoms with van der Waals surface area (Å²) in [4.78, 5) is 14.0. The summed E-state index contributed by atoms with van der Waals surface area (Å²) in [5.74, 6) is -0.419. The van der Waals surface area contributed by atoms with E-state index in [2.05, 4.69) is 45.9 Å². The highest BCUT2D eigenvalue weighted by Gasteiger charge is 2.28. The number of para-hydroxylation sites is 1. The molecule has 0 unspecified atom stereocenters. The quantitative estimate of drug-likeness (QED) is 0.542. The van der Waals surface area contributed by atoms with Gasteiger partial charge < -0.3 is 19.7 Å². The summed E-state index contributed by atoms with van der Waals surface area (Å²) >= 11 is 0. The normalized spacial score (nSPS) is 17.8. The zero-order chi connectivity index (χ0) is 22.1. The Labute approximate surface area is 188 Å². The molecule has 5 rings (SSSR count). The SMILES string of the molecule is O=C(O)c1ccc2c(C3CCCCC3)c3n(c2c1)C/C=C\CN(CCO)c1ccccc1-3. The molecule has 1 aromatic heterocycles. The molecule has 3 aromatic rings. The number of aliphatic hydroxyl groups excluding tert-OH is 1. The first-order chi connectivity index (χ1) is 15.7. The fourth-order valence-corrected chi connectivity index (χ4v) is 5.56. The van der Waals surface area contributed by atoms with Crippen molar-refractivity contribution in [2.75, 3.05) is 24.6 Å². The summed E-state index contributed by atoms with van der Waals surface area (Å²) < 4.78 is 2.31. The molecule has 2 N–H and O–H groups in total.